The van der Waals surface area contributed by atoms with Crippen molar-refractivity contribution in [3.63, 3.8) is 0 Å². The van der Waals surface area contributed by atoms with Gasteiger partial charge in [0, 0.05) is 30.5 Å². The van der Waals surface area contributed by atoms with Crippen molar-refractivity contribution < 1.29 is 14.7 Å². The first-order valence-corrected chi connectivity index (χ1v) is 8.75. The van der Waals surface area contributed by atoms with E-state index < -0.39 is 5.60 Å². The van der Waals surface area contributed by atoms with Crippen molar-refractivity contribution >= 4 is 23.4 Å². The third-order valence-corrected chi connectivity index (χ3v) is 5.45. The summed E-state index contributed by atoms with van der Waals surface area (Å²) in [6, 6.07) is 7.71. The van der Waals surface area contributed by atoms with Gasteiger partial charge in [0.2, 0.25) is 5.91 Å². The lowest BCUT2D eigenvalue weighted by atomic mass is 9.90. The van der Waals surface area contributed by atoms with Crippen LogP contribution >= 0.6 is 11.6 Å². The first-order chi connectivity index (χ1) is 11.3. The predicted molar refractivity (Wildman–Crippen MR) is 91.8 cm³/mol. The Morgan fingerprint density at radius 2 is 2.08 bits per heavy atom. The number of benzene rings is 1. The number of aliphatic hydroxyl groups is 1. The number of halogens is 1. The van der Waals surface area contributed by atoms with Gasteiger partial charge in [-0.25, -0.2) is 0 Å². The van der Waals surface area contributed by atoms with E-state index in [1.165, 1.54) is 11.8 Å². The van der Waals surface area contributed by atoms with Crippen molar-refractivity contribution in [3.8, 4) is 0 Å². The van der Waals surface area contributed by atoms with Gasteiger partial charge in [-0.2, -0.15) is 0 Å². The molecule has 1 saturated heterocycles. The summed E-state index contributed by atoms with van der Waals surface area (Å²) in [5.74, 6) is -0.500. The van der Waals surface area contributed by atoms with Crippen LogP contribution in [0.25, 0.3) is 0 Å². The average Bonchev–Trinajstić information content (AvgIpc) is 3.34. The van der Waals surface area contributed by atoms with Crippen LogP contribution in [0, 0.1) is 0 Å². The van der Waals surface area contributed by atoms with E-state index in [0.29, 0.717) is 31.0 Å². The Morgan fingerprint density at radius 3 is 2.71 bits per heavy atom. The molecule has 1 aromatic carbocycles. The lowest BCUT2D eigenvalue weighted by Crippen LogP contribution is -2.58. The maximum atomic E-state index is 12.5. The molecular formula is C18H23ClN2O3. The molecule has 1 aromatic rings. The second kappa shape index (κ2) is 6.37. The molecule has 1 aliphatic heterocycles. The molecule has 130 valence electrons. The van der Waals surface area contributed by atoms with Gasteiger partial charge in [0.05, 0.1) is 6.54 Å². The highest BCUT2D eigenvalue weighted by Crippen LogP contribution is 2.48. The van der Waals surface area contributed by atoms with E-state index in [1.54, 1.807) is 0 Å². The van der Waals surface area contributed by atoms with Crippen molar-refractivity contribution in [2.24, 2.45) is 0 Å². The molecule has 2 aliphatic rings. The van der Waals surface area contributed by atoms with Gasteiger partial charge in [-0.1, -0.05) is 23.7 Å². The molecule has 3 rings (SSSR count). The SMILES string of the molecule is CC(=O)N1CCCC(O)(C(=O)NCC2(c3cccc(Cl)c3)CC2)C1. The van der Waals surface area contributed by atoms with E-state index in [1.807, 2.05) is 24.3 Å². The number of rotatable bonds is 4. The predicted octanol–water partition coefficient (Wildman–Crippen LogP) is 1.86. The topological polar surface area (TPSA) is 69.6 Å². The molecule has 0 bridgehead atoms. The number of β-amino-alcohol motifs (C(OH)–C–C–N with tert-alkyl or cyclic N) is 1. The van der Waals surface area contributed by atoms with Gasteiger partial charge < -0.3 is 15.3 Å². The molecule has 0 spiro atoms. The van der Waals surface area contributed by atoms with Crippen LogP contribution in [0.5, 0.6) is 0 Å². The van der Waals surface area contributed by atoms with E-state index in [-0.39, 0.29) is 23.8 Å². The third kappa shape index (κ3) is 3.42. The fourth-order valence-corrected chi connectivity index (χ4v) is 3.63. The first-order valence-electron chi connectivity index (χ1n) is 8.37. The van der Waals surface area contributed by atoms with Crippen LogP contribution in [0.2, 0.25) is 5.02 Å². The lowest BCUT2D eigenvalue weighted by molar-refractivity contribution is -0.150. The van der Waals surface area contributed by atoms with E-state index >= 15 is 0 Å². The zero-order valence-corrected chi connectivity index (χ0v) is 14.6. The van der Waals surface area contributed by atoms with E-state index in [4.69, 9.17) is 11.6 Å². The zero-order chi connectivity index (χ0) is 17.4. The van der Waals surface area contributed by atoms with Gasteiger partial charge in [0.1, 0.15) is 0 Å². The maximum absolute atomic E-state index is 12.5. The van der Waals surface area contributed by atoms with E-state index in [9.17, 15) is 14.7 Å². The molecule has 24 heavy (non-hydrogen) atoms. The second-order valence-electron chi connectivity index (χ2n) is 7.05. The van der Waals surface area contributed by atoms with Crippen LogP contribution < -0.4 is 5.32 Å². The number of likely N-dealkylation sites (tertiary alicyclic amines) is 1. The molecule has 2 fully saturated rings. The van der Waals surface area contributed by atoms with Crippen LogP contribution in [0.15, 0.2) is 24.3 Å². The summed E-state index contributed by atoms with van der Waals surface area (Å²) in [6.07, 6.45) is 2.99. The Hall–Kier alpha value is -1.59. The highest BCUT2D eigenvalue weighted by Gasteiger charge is 2.47. The Morgan fingerprint density at radius 1 is 1.33 bits per heavy atom. The zero-order valence-electron chi connectivity index (χ0n) is 13.8. The largest absolute Gasteiger partial charge is 0.378 e. The van der Waals surface area contributed by atoms with Gasteiger partial charge in [-0.3, -0.25) is 9.59 Å². The standard InChI is InChI=1S/C18H23ClN2O3/c1-13(22)21-9-3-6-18(24,12-21)16(23)20-11-17(7-8-17)14-4-2-5-15(19)10-14/h2,4-5,10,24H,3,6-9,11-12H2,1H3,(H,20,23). The minimum absolute atomic E-state index is 0.0678. The van der Waals surface area contributed by atoms with Gasteiger partial charge in [0.15, 0.2) is 5.60 Å². The lowest BCUT2D eigenvalue weighted by Gasteiger charge is -2.37. The summed E-state index contributed by atoms with van der Waals surface area (Å²) in [5, 5.41) is 14.3. The fraction of sp³-hybridized carbons (Fsp3) is 0.556. The smallest absolute Gasteiger partial charge is 0.253 e. The summed E-state index contributed by atoms with van der Waals surface area (Å²) >= 11 is 6.07. The minimum Gasteiger partial charge on any atom is -0.378 e. The van der Waals surface area contributed by atoms with Crippen LogP contribution in [0.3, 0.4) is 0 Å². The van der Waals surface area contributed by atoms with Crippen molar-refractivity contribution in [2.75, 3.05) is 19.6 Å². The molecule has 0 radical (unpaired) electrons. The van der Waals surface area contributed by atoms with Crippen LogP contribution in [0.4, 0.5) is 0 Å². The summed E-state index contributed by atoms with van der Waals surface area (Å²) in [4.78, 5) is 25.6. The Labute approximate surface area is 147 Å². The molecule has 2 amide bonds. The Balaban J connectivity index is 1.64. The second-order valence-corrected chi connectivity index (χ2v) is 7.49. The van der Waals surface area contributed by atoms with Crippen molar-refractivity contribution in [3.05, 3.63) is 34.9 Å². The number of nitrogens with one attached hydrogen (secondary N) is 1. The number of nitrogens with zero attached hydrogens (tertiary/aromatic N) is 1. The van der Waals surface area contributed by atoms with Crippen molar-refractivity contribution in [2.45, 2.75) is 43.6 Å². The maximum Gasteiger partial charge on any atom is 0.253 e. The number of carbonyl (C=O) groups excluding carboxylic acids is 2. The molecule has 1 atom stereocenters. The van der Waals surface area contributed by atoms with Gasteiger partial charge in [-0.15, -0.1) is 0 Å². The Kier molecular flexibility index (Phi) is 4.58. The summed E-state index contributed by atoms with van der Waals surface area (Å²) in [5.41, 5.74) is -0.448. The Bertz CT molecular complexity index is 659. The highest BCUT2D eigenvalue weighted by atomic mass is 35.5. The number of hydrogen-bond donors (Lipinski definition) is 2. The van der Waals surface area contributed by atoms with Crippen molar-refractivity contribution in [1.29, 1.82) is 0 Å². The minimum atomic E-state index is -1.49. The molecule has 0 aromatic heterocycles. The number of amides is 2. The molecule has 1 saturated carbocycles. The number of carbonyl (C=O) groups is 2. The monoisotopic (exact) mass is 350 g/mol. The summed E-state index contributed by atoms with van der Waals surface area (Å²) < 4.78 is 0. The summed E-state index contributed by atoms with van der Waals surface area (Å²) in [7, 11) is 0. The van der Waals surface area contributed by atoms with Gasteiger partial charge >= 0.3 is 0 Å². The molecule has 1 heterocycles. The highest BCUT2D eigenvalue weighted by molar-refractivity contribution is 6.30. The quantitative estimate of drug-likeness (QED) is 0.870. The molecule has 6 heteroatoms. The number of piperidine rings is 1. The van der Waals surface area contributed by atoms with E-state index in [0.717, 1.165) is 18.4 Å². The van der Waals surface area contributed by atoms with Crippen LogP contribution in [-0.2, 0) is 15.0 Å². The molecular weight excluding hydrogens is 328 g/mol. The van der Waals surface area contributed by atoms with Crippen LogP contribution in [0.1, 0.15) is 38.2 Å². The van der Waals surface area contributed by atoms with Crippen LogP contribution in [-0.4, -0.2) is 47.1 Å². The van der Waals surface area contributed by atoms with Gasteiger partial charge in [-0.05, 0) is 43.4 Å². The van der Waals surface area contributed by atoms with Gasteiger partial charge in [0.25, 0.3) is 5.91 Å². The number of hydrogen-bond acceptors (Lipinski definition) is 3. The molecule has 1 unspecified atom stereocenters. The third-order valence-electron chi connectivity index (χ3n) is 5.22. The molecule has 5 nitrogen and oxygen atoms in total. The molecule has 2 N–H and O–H groups in total. The van der Waals surface area contributed by atoms with E-state index in [2.05, 4.69) is 5.32 Å². The normalized spacial score (nSPS) is 25.2. The molecule has 1 aliphatic carbocycles. The first kappa shape index (κ1) is 17.2. The average molecular weight is 351 g/mol. The fourth-order valence-electron chi connectivity index (χ4n) is 3.44. The van der Waals surface area contributed by atoms with Crippen molar-refractivity contribution in [1.82, 2.24) is 10.2 Å². The summed E-state index contributed by atoms with van der Waals surface area (Å²) in [6.45, 7) is 2.60.